The molecule has 0 aromatic rings. The van der Waals surface area contributed by atoms with E-state index < -0.39 is 5.97 Å². The minimum atomic E-state index is -0.984. The first-order valence-corrected chi connectivity index (χ1v) is 13.8. The maximum atomic E-state index is 11.3. The third-order valence-corrected chi connectivity index (χ3v) is 4.71. The van der Waals surface area contributed by atoms with E-state index in [1.807, 2.05) is 0 Å². The van der Waals surface area contributed by atoms with E-state index >= 15 is 0 Å². The Morgan fingerprint density at radius 1 is 0.525 bits per heavy atom. The molecule has 0 atom stereocenters. The van der Waals surface area contributed by atoms with E-state index in [1.54, 1.807) is 6.92 Å². The molecular weight excluding hydrogens is 534 g/mol. The number of esters is 1. The van der Waals surface area contributed by atoms with Gasteiger partial charge in [0.25, 0.3) is 0 Å². The van der Waals surface area contributed by atoms with Gasteiger partial charge in [0.15, 0.2) is 0 Å². The number of ether oxygens (including phenoxy) is 9. The molecule has 0 saturated carbocycles. The molecule has 0 radical (unpaired) electrons. The molecule has 14 heteroatoms. The van der Waals surface area contributed by atoms with Crippen molar-refractivity contribution in [1.29, 1.82) is 0 Å². The van der Waals surface area contributed by atoms with Crippen molar-refractivity contribution in [2.75, 3.05) is 119 Å². The van der Waals surface area contributed by atoms with Crippen LogP contribution in [-0.4, -0.2) is 142 Å². The summed E-state index contributed by atoms with van der Waals surface area (Å²) in [6.07, 6.45) is 0.722. The van der Waals surface area contributed by atoms with Crippen molar-refractivity contribution in [2.24, 2.45) is 0 Å². The van der Waals surface area contributed by atoms with Crippen molar-refractivity contribution in [3.63, 3.8) is 0 Å². The number of carbonyl (C=O) groups excluding carboxylic acids is 2. The highest BCUT2D eigenvalue weighted by Crippen LogP contribution is 1.91. The van der Waals surface area contributed by atoms with Crippen LogP contribution < -0.4 is 5.32 Å². The minimum Gasteiger partial charge on any atom is -0.481 e. The third kappa shape index (κ3) is 32.3. The van der Waals surface area contributed by atoms with Gasteiger partial charge in [-0.25, -0.2) is 0 Å². The molecule has 0 aliphatic rings. The van der Waals surface area contributed by atoms with Crippen molar-refractivity contribution in [3.8, 4) is 0 Å². The van der Waals surface area contributed by atoms with E-state index in [0.29, 0.717) is 125 Å². The molecule has 0 fully saturated rings. The fourth-order valence-corrected chi connectivity index (χ4v) is 2.74. The van der Waals surface area contributed by atoms with Crippen LogP contribution in [0.5, 0.6) is 0 Å². The van der Waals surface area contributed by atoms with Crippen LogP contribution in [-0.2, 0) is 57.0 Å². The van der Waals surface area contributed by atoms with Crippen molar-refractivity contribution < 1.29 is 62.1 Å². The van der Waals surface area contributed by atoms with E-state index in [9.17, 15) is 14.4 Å². The predicted octanol–water partition coefficient (Wildman–Crippen LogP) is 0.444. The zero-order valence-electron chi connectivity index (χ0n) is 23.9. The Kier molecular flexibility index (Phi) is 30.1. The fourth-order valence-electron chi connectivity index (χ4n) is 2.74. The summed E-state index contributed by atoms with van der Waals surface area (Å²) in [5.74, 6) is -1.51. The molecular formula is C26H49NO13. The molecule has 0 aliphatic heterocycles. The molecule has 0 aliphatic carbocycles. The second-order valence-electron chi connectivity index (χ2n) is 8.05. The predicted molar refractivity (Wildman–Crippen MR) is 142 cm³/mol. The minimum absolute atomic E-state index is 0.0112. The molecule has 0 rings (SSSR count). The van der Waals surface area contributed by atoms with Gasteiger partial charge < -0.3 is 53.1 Å². The number of amides is 1. The molecule has 0 heterocycles. The number of aliphatic carboxylic acids is 1. The van der Waals surface area contributed by atoms with Gasteiger partial charge in [-0.3, -0.25) is 14.4 Å². The number of rotatable bonds is 32. The Labute approximate surface area is 237 Å². The normalized spacial score (nSPS) is 11.0. The molecule has 236 valence electrons. The molecule has 2 N–H and O–H groups in total. The molecule has 0 saturated heterocycles. The molecule has 0 aromatic heterocycles. The van der Waals surface area contributed by atoms with E-state index in [0.717, 1.165) is 0 Å². The number of carboxylic acid groups (broad SMARTS) is 1. The summed E-state index contributed by atoms with van der Waals surface area (Å²) < 4.78 is 47.9. The molecule has 1 amide bonds. The highest BCUT2D eigenvalue weighted by molar-refractivity contribution is 5.80. The smallest absolute Gasteiger partial charge is 0.308 e. The summed E-state index contributed by atoms with van der Waals surface area (Å²) in [6, 6.07) is 0. The van der Waals surface area contributed by atoms with Gasteiger partial charge in [-0.15, -0.1) is 0 Å². The first-order valence-electron chi connectivity index (χ1n) is 13.8. The molecule has 0 unspecified atom stereocenters. The van der Waals surface area contributed by atoms with Gasteiger partial charge in [-0.2, -0.15) is 0 Å². The van der Waals surface area contributed by atoms with E-state index in [2.05, 4.69) is 5.32 Å². The second kappa shape index (κ2) is 31.6. The van der Waals surface area contributed by atoms with Crippen LogP contribution in [0, 0.1) is 0 Å². The molecule has 0 spiro atoms. The van der Waals surface area contributed by atoms with Crippen molar-refractivity contribution in [1.82, 2.24) is 5.32 Å². The lowest BCUT2D eigenvalue weighted by atomic mass is 10.3. The van der Waals surface area contributed by atoms with Crippen LogP contribution in [0.3, 0.4) is 0 Å². The Balaban J connectivity index is 3.11. The Morgan fingerprint density at radius 2 is 0.900 bits per heavy atom. The zero-order valence-corrected chi connectivity index (χ0v) is 23.9. The number of carbonyl (C=O) groups is 3. The lowest BCUT2D eigenvalue weighted by Gasteiger charge is -2.09. The van der Waals surface area contributed by atoms with Crippen LogP contribution >= 0.6 is 0 Å². The van der Waals surface area contributed by atoms with Crippen molar-refractivity contribution in [2.45, 2.75) is 32.6 Å². The lowest BCUT2D eigenvalue weighted by Crippen LogP contribution is -2.25. The Bertz CT molecular complexity index is 595. The first kappa shape index (κ1) is 38.1. The zero-order chi connectivity index (χ0) is 29.4. The monoisotopic (exact) mass is 583 g/mol. The molecule has 0 bridgehead atoms. The quantitative estimate of drug-likeness (QED) is 0.0828. The first-order chi connectivity index (χ1) is 19.6. The van der Waals surface area contributed by atoms with Crippen LogP contribution in [0.4, 0.5) is 0 Å². The Hall–Kier alpha value is -1.91. The highest BCUT2D eigenvalue weighted by Gasteiger charge is 2.04. The molecule has 40 heavy (non-hydrogen) atoms. The largest absolute Gasteiger partial charge is 0.481 e. The summed E-state index contributed by atoms with van der Waals surface area (Å²) in [7, 11) is 0. The van der Waals surface area contributed by atoms with Gasteiger partial charge in [0.2, 0.25) is 5.91 Å². The maximum absolute atomic E-state index is 11.3. The highest BCUT2D eigenvalue weighted by atomic mass is 16.6. The number of hydrogen-bond donors (Lipinski definition) is 2. The van der Waals surface area contributed by atoms with Crippen LogP contribution in [0.15, 0.2) is 0 Å². The van der Waals surface area contributed by atoms with Crippen LogP contribution in [0.1, 0.15) is 32.6 Å². The van der Waals surface area contributed by atoms with E-state index in [1.165, 1.54) is 0 Å². The average Bonchev–Trinajstić information content (AvgIpc) is 2.93. The standard InChI is InChI=1S/C26H49NO13/c1-2-40-26(31)6-9-33-11-13-35-15-17-37-19-21-39-23-22-38-20-18-36-16-14-34-12-10-32-8-3-7-27-24(28)4-5-25(29)30/h2-23H2,1H3,(H,27,28)(H,29,30). The number of nitrogens with one attached hydrogen (secondary N) is 1. The van der Waals surface area contributed by atoms with Gasteiger partial charge in [0.1, 0.15) is 0 Å². The van der Waals surface area contributed by atoms with Gasteiger partial charge in [-0.05, 0) is 13.3 Å². The number of carboxylic acids is 1. The lowest BCUT2D eigenvalue weighted by molar-refractivity contribution is -0.144. The Morgan fingerprint density at radius 3 is 1.27 bits per heavy atom. The molecule has 14 nitrogen and oxygen atoms in total. The van der Waals surface area contributed by atoms with E-state index in [4.69, 9.17) is 47.7 Å². The van der Waals surface area contributed by atoms with Gasteiger partial charge in [-0.1, -0.05) is 0 Å². The number of hydrogen-bond acceptors (Lipinski definition) is 12. The summed E-state index contributed by atoms with van der Waals surface area (Å²) in [5.41, 5.74) is 0. The summed E-state index contributed by atoms with van der Waals surface area (Å²) in [6.45, 7) is 9.87. The van der Waals surface area contributed by atoms with Gasteiger partial charge in [0, 0.05) is 19.6 Å². The van der Waals surface area contributed by atoms with Crippen molar-refractivity contribution >= 4 is 17.8 Å². The topological polar surface area (TPSA) is 167 Å². The molecule has 0 aromatic carbocycles. The average molecular weight is 584 g/mol. The SMILES string of the molecule is CCOC(=O)CCOCCOCCOCCOCCOCCOCCOCCOCCCNC(=O)CCC(=O)O. The second-order valence-corrected chi connectivity index (χ2v) is 8.05. The van der Waals surface area contributed by atoms with Gasteiger partial charge >= 0.3 is 11.9 Å². The maximum Gasteiger partial charge on any atom is 0.308 e. The fraction of sp³-hybridized carbons (Fsp3) is 0.885. The summed E-state index contributed by atoms with van der Waals surface area (Å²) in [5, 5.41) is 11.1. The summed E-state index contributed by atoms with van der Waals surface area (Å²) in [4.78, 5) is 32.8. The van der Waals surface area contributed by atoms with Crippen LogP contribution in [0.25, 0.3) is 0 Å². The summed E-state index contributed by atoms with van der Waals surface area (Å²) >= 11 is 0. The third-order valence-electron chi connectivity index (χ3n) is 4.71. The van der Waals surface area contributed by atoms with E-state index in [-0.39, 0.29) is 31.1 Å². The van der Waals surface area contributed by atoms with Crippen LogP contribution in [0.2, 0.25) is 0 Å². The van der Waals surface area contributed by atoms with Crippen molar-refractivity contribution in [3.05, 3.63) is 0 Å². The van der Waals surface area contributed by atoms with Gasteiger partial charge in [0.05, 0.1) is 119 Å².